The van der Waals surface area contributed by atoms with Crippen molar-refractivity contribution in [1.82, 2.24) is 4.57 Å². The number of hydrogen-bond acceptors (Lipinski definition) is 4. The van der Waals surface area contributed by atoms with E-state index in [2.05, 4.69) is 4.72 Å². The smallest absolute Gasteiger partial charge is 0.265 e. The van der Waals surface area contributed by atoms with Gasteiger partial charge in [-0.15, -0.1) is 0 Å². The average Bonchev–Trinajstić information content (AvgIpc) is 2.31. The molecule has 3 N–H and O–H groups in total. The predicted molar refractivity (Wildman–Crippen MR) is 83.4 cm³/mol. The second-order valence-electron chi connectivity index (χ2n) is 4.28. The standard InChI is InChI=1S/C12H11Cl2N3O3S/c1-17-6-8(2-3-11(17)18)16-21(19,20)12-9(14)4-7(13)5-10(12)15/h2-6,16H,15H2,1H3. The van der Waals surface area contributed by atoms with Crippen LogP contribution in [-0.4, -0.2) is 13.0 Å². The number of benzene rings is 1. The zero-order valence-electron chi connectivity index (χ0n) is 10.8. The van der Waals surface area contributed by atoms with E-state index in [4.69, 9.17) is 28.9 Å². The summed E-state index contributed by atoms with van der Waals surface area (Å²) in [6.45, 7) is 0. The summed E-state index contributed by atoms with van der Waals surface area (Å²) in [5.74, 6) is 0. The molecule has 0 aliphatic rings. The Balaban J connectivity index is 2.48. The number of anilines is 2. The van der Waals surface area contributed by atoms with Crippen molar-refractivity contribution in [2.75, 3.05) is 10.5 Å². The molecule has 0 spiro atoms. The molecule has 2 aromatic rings. The fourth-order valence-corrected chi connectivity index (χ4v) is 3.76. The Morgan fingerprint density at radius 1 is 1.24 bits per heavy atom. The van der Waals surface area contributed by atoms with Crippen LogP contribution < -0.4 is 16.0 Å². The number of nitrogen functional groups attached to an aromatic ring is 1. The minimum Gasteiger partial charge on any atom is -0.398 e. The third kappa shape index (κ3) is 3.31. The van der Waals surface area contributed by atoms with E-state index in [-0.39, 0.29) is 31.9 Å². The highest BCUT2D eigenvalue weighted by Crippen LogP contribution is 2.32. The van der Waals surface area contributed by atoms with Crippen molar-refractivity contribution in [1.29, 1.82) is 0 Å². The van der Waals surface area contributed by atoms with Crippen molar-refractivity contribution in [2.45, 2.75) is 4.90 Å². The van der Waals surface area contributed by atoms with Gasteiger partial charge in [-0.05, 0) is 18.2 Å². The predicted octanol–water partition coefficient (Wildman–Crippen LogP) is 2.08. The van der Waals surface area contributed by atoms with Gasteiger partial charge in [-0.2, -0.15) is 0 Å². The largest absolute Gasteiger partial charge is 0.398 e. The minimum absolute atomic E-state index is 0.0650. The summed E-state index contributed by atoms with van der Waals surface area (Å²) in [7, 11) is -2.50. The van der Waals surface area contributed by atoms with Crippen molar-refractivity contribution in [2.24, 2.45) is 7.05 Å². The van der Waals surface area contributed by atoms with Crippen LogP contribution in [0, 0.1) is 0 Å². The average molecular weight is 348 g/mol. The molecule has 0 saturated heterocycles. The number of hydrogen-bond donors (Lipinski definition) is 2. The molecule has 6 nitrogen and oxygen atoms in total. The fraction of sp³-hybridized carbons (Fsp3) is 0.0833. The molecule has 0 radical (unpaired) electrons. The van der Waals surface area contributed by atoms with Gasteiger partial charge < -0.3 is 10.3 Å². The Bertz CT molecular complexity index is 839. The second-order valence-corrected chi connectivity index (χ2v) is 6.74. The highest BCUT2D eigenvalue weighted by molar-refractivity contribution is 7.93. The molecule has 2 rings (SSSR count). The summed E-state index contributed by atoms with van der Waals surface area (Å²) in [5, 5.41) is 0.149. The Morgan fingerprint density at radius 3 is 2.48 bits per heavy atom. The maximum Gasteiger partial charge on any atom is 0.265 e. The topological polar surface area (TPSA) is 94.2 Å². The van der Waals surface area contributed by atoms with Gasteiger partial charge in [0.05, 0.1) is 16.4 Å². The number of halogens is 2. The molecule has 1 aromatic carbocycles. The molecule has 21 heavy (non-hydrogen) atoms. The molecule has 0 bridgehead atoms. The van der Waals surface area contributed by atoms with Crippen molar-refractivity contribution in [3.05, 3.63) is 50.9 Å². The quantitative estimate of drug-likeness (QED) is 0.831. The number of nitrogens with one attached hydrogen (secondary N) is 1. The highest BCUT2D eigenvalue weighted by Gasteiger charge is 2.22. The molecule has 1 heterocycles. The van der Waals surface area contributed by atoms with E-state index in [0.717, 1.165) is 0 Å². The summed E-state index contributed by atoms with van der Waals surface area (Å²) in [4.78, 5) is 11.0. The highest BCUT2D eigenvalue weighted by atomic mass is 35.5. The lowest BCUT2D eigenvalue weighted by Gasteiger charge is -2.12. The lowest BCUT2D eigenvalue weighted by molar-refractivity contribution is 0.601. The van der Waals surface area contributed by atoms with Gasteiger partial charge in [0.1, 0.15) is 4.90 Å². The first-order valence-electron chi connectivity index (χ1n) is 5.65. The third-order valence-electron chi connectivity index (χ3n) is 2.64. The third-order valence-corrected chi connectivity index (χ3v) is 4.77. The number of rotatable bonds is 3. The van der Waals surface area contributed by atoms with Crippen LogP contribution in [0.1, 0.15) is 0 Å². The molecule has 0 atom stereocenters. The van der Waals surface area contributed by atoms with Crippen LogP contribution in [0.2, 0.25) is 10.0 Å². The maximum absolute atomic E-state index is 12.3. The van der Waals surface area contributed by atoms with E-state index < -0.39 is 10.0 Å². The van der Waals surface area contributed by atoms with Crippen LogP contribution in [0.5, 0.6) is 0 Å². The van der Waals surface area contributed by atoms with Gasteiger partial charge in [-0.1, -0.05) is 23.2 Å². The Labute approximate surface area is 131 Å². The van der Waals surface area contributed by atoms with Gasteiger partial charge in [0, 0.05) is 24.3 Å². The molecule has 0 aliphatic carbocycles. The zero-order valence-corrected chi connectivity index (χ0v) is 13.1. The van der Waals surface area contributed by atoms with Gasteiger partial charge in [0.15, 0.2) is 0 Å². The number of nitrogens with two attached hydrogens (primary N) is 1. The molecule has 0 fully saturated rings. The molecule has 0 unspecified atom stereocenters. The molecule has 0 aliphatic heterocycles. The number of aromatic nitrogens is 1. The van der Waals surface area contributed by atoms with Crippen molar-refractivity contribution in [3.63, 3.8) is 0 Å². The summed E-state index contributed by atoms with van der Waals surface area (Å²) < 4.78 is 28.2. The summed E-state index contributed by atoms with van der Waals surface area (Å²) in [6, 6.07) is 5.17. The molecular formula is C12H11Cl2N3O3S. The van der Waals surface area contributed by atoms with E-state index in [1.165, 1.54) is 42.1 Å². The zero-order chi connectivity index (χ0) is 15.8. The van der Waals surface area contributed by atoms with E-state index in [1.54, 1.807) is 0 Å². The fourth-order valence-electron chi connectivity index (χ4n) is 1.72. The molecule has 112 valence electrons. The van der Waals surface area contributed by atoms with Crippen LogP contribution in [0.15, 0.2) is 40.2 Å². The Morgan fingerprint density at radius 2 is 1.90 bits per heavy atom. The SMILES string of the molecule is Cn1cc(NS(=O)(=O)c2c(N)cc(Cl)cc2Cl)ccc1=O. The van der Waals surface area contributed by atoms with Crippen molar-refractivity contribution < 1.29 is 8.42 Å². The number of aryl methyl sites for hydroxylation is 1. The summed E-state index contributed by atoms with van der Waals surface area (Å²) >= 11 is 11.7. The maximum atomic E-state index is 12.3. The minimum atomic E-state index is -4.00. The second kappa shape index (κ2) is 5.59. The Hall–Kier alpha value is -1.70. The Kier molecular flexibility index (Phi) is 4.18. The molecule has 9 heteroatoms. The van der Waals surface area contributed by atoms with Crippen molar-refractivity contribution >= 4 is 44.6 Å². The molecule has 1 aromatic heterocycles. The van der Waals surface area contributed by atoms with E-state index in [9.17, 15) is 13.2 Å². The monoisotopic (exact) mass is 347 g/mol. The number of nitrogens with zero attached hydrogens (tertiary/aromatic N) is 1. The molecule has 0 amide bonds. The summed E-state index contributed by atoms with van der Waals surface area (Å²) in [6.07, 6.45) is 1.35. The lowest BCUT2D eigenvalue weighted by atomic mass is 10.3. The van der Waals surface area contributed by atoms with E-state index in [1.807, 2.05) is 0 Å². The van der Waals surface area contributed by atoms with Crippen molar-refractivity contribution in [3.8, 4) is 0 Å². The normalized spacial score (nSPS) is 11.4. The van der Waals surface area contributed by atoms with Gasteiger partial charge >= 0.3 is 0 Å². The number of sulfonamides is 1. The van der Waals surface area contributed by atoms with Crippen LogP contribution in [-0.2, 0) is 17.1 Å². The molecular weight excluding hydrogens is 337 g/mol. The van der Waals surface area contributed by atoms with Gasteiger partial charge in [-0.25, -0.2) is 8.42 Å². The van der Waals surface area contributed by atoms with Crippen LogP contribution in [0.25, 0.3) is 0 Å². The summed E-state index contributed by atoms with van der Waals surface area (Å²) in [5.41, 5.74) is 5.56. The molecule has 0 saturated carbocycles. The van der Waals surface area contributed by atoms with E-state index >= 15 is 0 Å². The first-order valence-corrected chi connectivity index (χ1v) is 7.88. The van der Waals surface area contributed by atoms with Gasteiger partial charge in [0.25, 0.3) is 10.0 Å². The number of pyridine rings is 1. The van der Waals surface area contributed by atoms with Crippen LogP contribution >= 0.6 is 23.2 Å². The van der Waals surface area contributed by atoms with Gasteiger partial charge in [-0.3, -0.25) is 9.52 Å². The van der Waals surface area contributed by atoms with Gasteiger partial charge in [0.2, 0.25) is 5.56 Å². The lowest BCUT2D eigenvalue weighted by Crippen LogP contribution is -2.19. The van der Waals surface area contributed by atoms with E-state index in [0.29, 0.717) is 0 Å². The first-order chi connectivity index (χ1) is 9.70. The first kappa shape index (κ1) is 15.7. The van der Waals surface area contributed by atoms with Crippen LogP contribution in [0.4, 0.5) is 11.4 Å². The van der Waals surface area contributed by atoms with Crippen LogP contribution in [0.3, 0.4) is 0 Å².